The van der Waals surface area contributed by atoms with Crippen molar-refractivity contribution in [1.82, 2.24) is 4.90 Å². The van der Waals surface area contributed by atoms with Crippen molar-refractivity contribution >= 4 is 6.09 Å². The van der Waals surface area contributed by atoms with Gasteiger partial charge in [0.2, 0.25) is 0 Å². The van der Waals surface area contributed by atoms with Crippen LogP contribution in [0.15, 0.2) is 0 Å². The van der Waals surface area contributed by atoms with Crippen LogP contribution in [0.25, 0.3) is 0 Å². The van der Waals surface area contributed by atoms with Gasteiger partial charge >= 0.3 is 6.09 Å². The number of nitrogens with two attached hydrogens (primary N) is 1. The smallest absolute Gasteiger partial charge is 0.410 e. The maximum absolute atomic E-state index is 11.8. The largest absolute Gasteiger partial charge is 0.444 e. The molecule has 1 saturated carbocycles. The first kappa shape index (κ1) is 10.7. The van der Waals surface area contributed by atoms with Gasteiger partial charge in [0, 0.05) is 12.6 Å². The maximum atomic E-state index is 11.8. The Morgan fingerprint density at radius 3 is 2.53 bits per heavy atom. The second kappa shape index (κ2) is 3.37. The van der Waals surface area contributed by atoms with Crippen LogP contribution in [0.4, 0.5) is 4.79 Å². The molecule has 1 aliphatic heterocycles. The van der Waals surface area contributed by atoms with Crippen LogP contribution in [0.3, 0.4) is 0 Å². The minimum atomic E-state index is -0.414. The number of likely N-dealkylation sites (tertiary alicyclic amines) is 1. The number of amides is 1. The van der Waals surface area contributed by atoms with E-state index in [0.29, 0.717) is 5.92 Å². The van der Waals surface area contributed by atoms with Crippen molar-refractivity contribution in [2.75, 3.05) is 6.54 Å². The predicted molar refractivity (Wildman–Crippen MR) is 57.4 cm³/mol. The van der Waals surface area contributed by atoms with Gasteiger partial charge in [-0.05, 0) is 39.5 Å². The number of nitrogens with zero attached hydrogens (tertiary/aromatic N) is 1. The Kier molecular flexibility index (Phi) is 2.41. The zero-order valence-corrected chi connectivity index (χ0v) is 9.69. The highest BCUT2D eigenvalue weighted by atomic mass is 16.6. The van der Waals surface area contributed by atoms with Gasteiger partial charge in [0.25, 0.3) is 0 Å². The van der Waals surface area contributed by atoms with Gasteiger partial charge in [-0.2, -0.15) is 0 Å². The minimum absolute atomic E-state index is 0.149. The molecule has 1 aliphatic carbocycles. The molecule has 3 atom stereocenters. The second-order valence-corrected chi connectivity index (χ2v) is 5.70. The minimum Gasteiger partial charge on any atom is -0.444 e. The Morgan fingerprint density at radius 1 is 1.40 bits per heavy atom. The fourth-order valence-electron chi connectivity index (χ4n) is 2.61. The van der Waals surface area contributed by atoms with Crippen LogP contribution < -0.4 is 5.73 Å². The lowest BCUT2D eigenvalue weighted by Crippen LogP contribution is -2.49. The van der Waals surface area contributed by atoms with E-state index in [1.54, 1.807) is 0 Å². The predicted octanol–water partition coefficient (Wildman–Crippen LogP) is 1.34. The summed E-state index contributed by atoms with van der Waals surface area (Å²) in [7, 11) is 0. The zero-order chi connectivity index (χ0) is 11.2. The van der Waals surface area contributed by atoms with Gasteiger partial charge in [0.1, 0.15) is 5.60 Å². The molecule has 4 heteroatoms. The highest BCUT2D eigenvalue weighted by Gasteiger charge is 2.46. The van der Waals surface area contributed by atoms with E-state index in [1.165, 1.54) is 0 Å². The molecule has 2 bridgehead atoms. The van der Waals surface area contributed by atoms with E-state index in [9.17, 15) is 4.79 Å². The lowest BCUT2D eigenvalue weighted by molar-refractivity contribution is 0.0172. The monoisotopic (exact) mass is 212 g/mol. The van der Waals surface area contributed by atoms with Crippen LogP contribution >= 0.6 is 0 Å². The number of rotatable bonds is 0. The number of carbonyl (C=O) groups is 1. The maximum Gasteiger partial charge on any atom is 0.410 e. The summed E-state index contributed by atoms with van der Waals surface area (Å²) >= 11 is 0. The van der Waals surface area contributed by atoms with E-state index in [1.807, 2.05) is 25.7 Å². The van der Waals surface area contributed by atoms with Crippen LogP contribution in [0.5, 0.6) is 0 Å². The van der Waals surface area contributed by atoms with Gasteiger partial charge in [-0.1, -0.05) is 0 Å². The number of carbonyl (C=O) groups excluding carboxylic acids is 1. The van der Waals surface area contributed by atoms with Crippen LogP contribution in [-0.2, 0) is 4.74 Å². The Balaban J connectivity index is 1.98. The molecular weight excluding hydrogens is 192 g/mol. The lowest BCUT2D eigenvalue weighted by Gasteiger charge is -2.33. The molecule has 2 N–H and O–H groups in total. The van der Waals surface area contributed by atoms with Gasteiger partial charge in [0.05, 0.1) is 6.04 Å². The summed E-state index contributed by atoms with van der Waals surface area (Å²) in [6, 6.07) is 0.362. The summed E-state index contributed by atoms with van der Waals surface area (Å²) in [5, 5.41) is 0. The Labute approximate surface area is 90.8 Å². The summed E-state index contributed by atoms with van der Waals surface area (Å²) in [6.07, 6.45) is 1.91. The van der Waals surface area contributed by atoms with Crippen LogP contribution in [0.1, 0.15) is 33.6 Å². The second-order valence-electron chi connectivity index (χ2n) is 5.70. The van der Waals surface area contributed by atoms with Gasteiger partial charge in [-0.25, -0.2) is 4.79 Å². The molecule has 0 unspecified atom stereocenters. The molecule has 1 amide bonds. The van der Waals surface area contributed by atoms with Crippen molar-refractivity contribution in [3.8, 4) is 0 Å². The van der Waals surface area contributed by atoms with E-state index < -0.39 is 5.60 Å². The van der Waals surface area contributed by atoms with Gasteiger partial charge in [-0.15, -0.1) is 0 Å². The SMILES string of the molecule is CC(C)(C)OC(=O)N1C[C@@H]2C[C@@H](N)[C@@H]1C2. The molecular formula is C11H20N2O2. The molecule has 0 aromatic carbocycles. The van der Waals surface area contributed by atoms with E-state index in [2.05, 4.69) is 0 Å². The molecule has 0 radical (unpaired) electrons. The number of piperidine rings is 1. The molecule has 0 spiro atoms. The number of fused-ring (bicyclic) bond motifs is 2. The standard InChI is InChI=1S/C11H20N2O2/c1-11(2,3)15-10(14)13-6-7-4-8(12)9(13)5-7/h7-9H,4-6,12H2,1-3H3/t7-,8-,9+/m1/s1. The van der Waals surface area contributed by atoms with Gasteiger partial charge < -0.3 is 15.4 Å². The van der Waals surface area contributed by atoms with E-state index in [0.717, 1.165) is 19.4 Å². The molecule has 2 fully saturated rings. The highest BCUT2D eigenvalue weighted by Crippen LogP contribution is 2.37. The van der Waals surface area contributed by atoms with E-state index >= 15 is 0 Å². The summed E-state index contributed by atoms with van der Waals surface area (Å²) in [5.41, 5.74) is 5.55. The van der Waals surface area contributed by atoms with Crippen molar-refractivity contribution < 1.29 is 9.53 Å². The molecule has 15 heavy (non-hydrogen) atoms. The van der Waals surface area contributed by atoms with Crippen molar-refractivity contribution in [3.63, 3.8) is 0 Å². The summed E-state index contributed by atoms with van der Waals surface area (Å²) < 4.78 is 5.35. The lowest BCUT2D eigenvalue weighted by atomic mass is 10.1. The molecule has 1 saturated heterocycles. The van der Waals surface area contributed by atoms with E-state index in [4.69, 9.17) is 10.5 Å². The average molecular weight is 212 g/mol. The Bertz CT molecular complexity index is 272. The quantitative estimate of drug-likeness (QED) is 0.659. The van der Waals surface area contributed by atoms with Crippen LogP contribution in [-0.4, -0.2) is 35.2 Å². The fourth-order valence-corrected chi connectivity index (χ4v) is 2.61. The third kappa shape index (κ3) is 2.09. The molecule has 0 aromatic rings. The summed E-state index contributed by atoms with van der Waals surface area (Å²) in [6.45, 7) is 6.49. The zero-order valence-electron chi connectivity index (χ0n) is 9.69. The van der Waals surface area contributed by atoms with E-state index in [-0.39, 0.29) is 18.2 Å². The Morgan fingerprint density at radius 2 is 2.07 bits per heavy atom. The van der Waals surface area contributed by atoms with Gasteiger partial charge in [-0.3, -0.25) is 0 Å². The number of ether oxygens (including phenoxy) is 1. The molecule has 86 valence electrons. The van der Waals surface area contributed by atoms with Crippen molar-refractivity contribution in [2.45, 2.75) is 51.3 Å². The van der Waals surface area contributed by atoms with Crippen molar-refractivity contribution in [1.29, 1.82) is 0 Å². The van der Waals surface area contributed by atoms with Gasteiger partial charge in [0.15, 0.2) is 0 Å². The fraction of sp³-hybridized carbons (Fsp3) is 0.909. The number of hydrogen-bond acceptors (Lipinski definition) is 3. The summed E-state index contributed by atoms with van der Waals surface area (Å²) in [4.78, 5) is 13.7. The number of hydrogen-bond donors (Lipinski definition) is 1. The molecule has 0 aromatic heterocycles. The third-order valence-electron chi connectivity index (χ3n) is 3.16. The van der Waals surface area contributed by atoms with Crippen molar-refractivity contribution in [3.05, 3.63) is 0 Å². The van der Waals surface area contributed by atoms with Crippen LogP contribution in [0, 0.1) is 5.92 Å². The average Bonchev–Trinajstić information content (AvgIpc) is 2.58. The topological polar surface area (TPSA) is 55.6 Å². The molecule has 4 nitrogen and oxygen atoms in total. The molecule has 2 rings (SSSR count). The van der Waals surface area contributed by atoms with Crippen LogP contribution in [0.2, 0.25) is 0 Å². The first-order chi connectivity index (χ1) is 6.87. The molecule has 2 aliphatic rings. The highest BCUT2D eigenvalue weighted by molar-refractivity contribution is 5.69. The normalized spacial score (nSPS) is 34.7. The molecule has 1 heterocycles. The summed E-state index contributed by atoms with van der Waals surface area (Å²) in [5.74, 6) is 0.595. The first-order valence-corrected chi connectivity index (χ1v) is 5.62. The first-order valence-electron chi connectivity index (χ1n) is 5.62. The van der Waals surface area contributed by atoms with Crippen molar-refractivity contribution in [2.24, 2.45) is 11.7 Å². The Hall–Kier alpha value is -0.770. The third-order valence-corrected chi connectivity index (χ3v) is 3.16.